The highest BCUT2D eigenvalue weighted by Gasteiger charge is 2.04. The Morgan fingerprint density at radius 1 is 1.30 bits per heavy atom. The smallest absolute Gasteiger partial charge is 0.246 e. The Kier molecular flexibility index (Phi) is 6.49. The van der Waals surface area contributed by atoms with E-state index in [0.29, 0.717) is 11.6 Å². The minimum Gasteiger partial charge on any atom is -0.357 e. The number of nitrogens with zero attached hydrogens (tertiary/aromatic N) is 1. The summed E-state index contributed by atoms with van der Waals surface area (Å²) >= 11 is 0. The average molecular weight is 280 g/mol. The highest BCUT2D eigenvalue weighted by Crippen LogP contribution is 2.07. The standard InChI is InChI=1S/C14H21FN4O/c1-4-16-14(18-10(2)3)17-9-13(20)19-12-7-5-11(15)6-8-12/h5-8,10H,4,9H2,1-3H3,(H,19,20)(H2,16,17,18). The molecule has 1 amide bonds. The van der Waals surface area contributed by atoms with Crippen LogP contribution in [0.2, 0.25) is 0 Å². The number of carbonyl (C=O) groups is 1. The lowest BCUT2D eigenvalue weighted by Gasteiger charge is -2.13. The molecule has 0 saturated carbocycles. The number of amides is 1. The lowest BCUT2D eigenvalue weighted by atomic mass is 10.3. The van der Waals surface area contributed by atoms with Crippen molar-refractivity contribution in [3.8, 4) is 0 Å². The average Bonchev–Trinajstić information content (AvgIpc) is 2.38. The van der Waals surface area contributed by atoms with Gasteiger partial charge in [-0.1, -0.05) is 0 Å². The minimum absolute atomic E-state index is 0.000566. The number of anilines is 1. The van der Waals surface area contributed by atoms with Crippen LogP contribution in [0, 0.1) is 5.82 Å². The highest BCUT2D eigenvalue weighted by atomic mass is 19.1. The molecule has 0 atom stereocenters. The summed E-state index contributed by atoms with van der Waals surface area (Å²) in [6.07, 6.45) is 0. The van der Waals surface area contributed by atoms with E-state index < -0.39 is 0 Å². The maximum absolute atomic E-state index is 12.7. The summed E-state index contributed by atoms with van der Waals surface area (Å²) in [6.45, 7) is 6.66. The fraction of sp³-hybridized carbons (Fsp3) is 0.429. The number of aliphatic imine (C=N–C) groups is 1. The highest BCUT2D eigenvalue weighted by molar-refractivity contribution is 5.94. The summed E-state index contributed by atoms with van der Waals surface area (Å²) in [6, 6.07) is 5.84. The van der Waals surface area contributed by atoms with Crippen LogP contribution in [-0.2, 0) is 4.79 Å². The molecule has 0 fully saturated rings. The third kappa shape index (κ3) is 6.17. The summed E-state index contributed by atoms with van der Waals surface area (Å²) in [7, 11) is 0. The Bertz CT molecular complexity index is 457. The van der Waals surface area contributed by atoms with E-state index >= 15 is 0 Å². The van der Waals surface area contributed by atoms with E-state index in [1.165, 1.54) is 24.3 Å². The van der Waals surface area contributed by atoms with Crippen LogP contribution in [0.3, 0.4) is 0 Å². The Labute approximate surface area is 118 Å². The van der Waals surface area contributed by atoms with Gasteiger partial charge < -0.3 is 16.0 Å². The van der Waals surface area contributed by atoms with Crippen LogP contribution >= 0.6 is 0 Å². The molecule has 3 N–H and O–H groups in total. The SMILES string of the molecule is CCNC(=NCC(=O)Nc1ccc(F)cc1)NC(C)C. The topological polar surface area (TPSA) is 65.5 Å². The maximum atomic E-state index is 12.7. The predicted octanol–water partition coefficient (Wildman–Crippen LogP) is 1.73. The maximum Gasteiger partial charge on any atom is 0.246 e. The second kappa shape index (κ2) is 8.14. The van der Waals surface area contributed by atoms with Crippen LogP contribution in [0.5, 0.6) is 0 Å². The van der Waals surface area contributed by atoms with Gasteiger partial charge in [-0.05, 0) is 45.0 Å². The first-order valence-electron chi connectivity index (χ1n) is 6.61. The van der Waals surface area contributed by atoms with Crippen molar-refractivity contribution in [2.75, 3.05) is 18.4 Å². The van der Waals surface area contributed by atoms with Gasteiger partial charge in [-0.3, -0.25) is 4.79 Å². The van der Waals surface area contributed by atoms with Gasteiger partial charge in [-0.2, -0.15) is 0 Å². The van der Waals surface area contributed by atoms with E-state index in [9.17, 15) is 9.18 Å². The fourth-order valence-electron chi connectivity index (χ4n) is 1.48. The van der Waals surface area contributed by atoms with Gasteiger partial charge in [-0.25, -0.2) is 9.38 Å². The lowest BCUT2D eigenvalue weighted by molar-refractivity contribution is -0.114. The largest absolute Gasteiger partial charge is 0.357 e. The van der Waals surface area contributed by atoms with Gasteiger partial charge in [0.05, 0.1) is 0 Å². The molecule has 110 valence electrons. The van der Waals surface area contributed by atoms with Crippen molar-refractivity contribution in [3.63, 3.8) is 0 Å². The summed E-state index contributed by atoms with van der Waals surface area (Å²) in [4.78, 5) is 15.9. The molecule has 6 heteroatoms. The Morgan fingerprint density at radius 2 is 1.95 bits per heavy atom. The zero-order valence-electron chi connectivity index (χ0n) is 12.0. The van der Waals surface area contributed by atoms with Crippen LogP contribution in [0.4, 0.5) is 10.1 Å². The molecular formula is C14H21FN4O. The van der Waals surface area contributed by atoms with Crippen LogP contribution in [0.25, 0.3) is 0 Å². The monoisotopic (exact) mass is 280 g/mol. The summed E-state index contributed by atoms with van der Waals surface area (Å²) in [5.41, 5.74) is 0.549. The Hall–Kier alpha value is -2.11. The lowest BCUT2D eigenvalue weighted by Crippen LogP contribution is -2.41. The van der Waals surface area contributed by atoms with Crippen molar-refractivity contribution < 1.29 is 9.18 Å². The van der Waals surface area contributed by atoms with Gasteiger partial charge >= 0.3 is 0 Å². The normalized spacial score (nSPS) is 11.3. The van der Waals surface area contributed by atoms with Gasteiger partial charge in [0.2, 0.25) is 5.91 Å². The second-order valence-corrected chi connectivity index (χ2v) is 4.55. The quantitative estimate of drug-likeness (QED) is 0.568. The summed E-state index contributed by atoms with van der Waals surface area (Å²) in [5.74, 6) is 0.00547. The molecule has 1 aromatic carbocycles. The van der Waals surface area contributed by atoms with Crippen molar-refractivity contribution in [2.45, 2.75) is 26.8 Å². The number of halogens is 1. The molecule has 0 aliphatic rings. The Morgan fingerprint density at radius 3 is 2.50 bits per heavy atom. The Balaban J connectivity index is 2.53. The number of guanidine groups is 1. The molecule has 1 rings (SSSR count). The van der Waals surface area contributed by atoms with Crippen LogP contribution < -0.4 is 16.0 Å². The van der Waals surface area contributed by atoms with Crippen LogP contribution in [0.1, 0.15) is 20.8 Å². The number of carbonyl (C=O) groups excluding carboxylic acids is 1. The molecule has 0 saturated heterocycles. The van der Waals surface area contributed by atoms with E-state index in [-0.39, 0.29) is 24.3 Å². The third-order valence-electron chi connectivity index (χ3n) is 2.28. The fourth-order valence-corrected chi connectivity index (χ4v) is 1.48. The third-order valence-corrected chi connectivity index (χ3v) is 2.28. The van der Waals surface area contributed by atoms with E-state index in [1.807, 2.05) is 20.8 Å². The molecule has 0 bridgehead atoms. The zero-order valence-corrected chi connectivity index (χ0v) is 12.0. The van der Waals surface area contributed by atoms with Crippen molar-refractivity contribution in [3.05, 3.63) is 30.1 Å². The molecule has 0 aliphatic carbocycles. The van der Waals surface area contributed by atoms with Gasteiger partial charge in [0, 0.05) is 18.3 Å². The second-order valence-electron chi connectivity index (χ2n) is 4.55. The number of rotatable bonds is 5. The molecule has 1 aromatic rings. The number of nitrogens with one attached hydrogen (secondary N) is 3. The minimum atomic E-state index is -0.336. The van der Waals surface area contributed by atoms with Crippen molar-refractivity contribution >= 4 is 17.6 Å². The summed E-state index contributed by atoms with van der Waals surface area (Å²) < 4.78 is 12.7. The van der Waals surface area contributed by atoms with Gasteiger partial charge in [-0.15, -0.1) is 0 Å². The van der Waals surface area contributed by atoms with Gasteiger partial charge in [0.15, 0.2) is 5.96 Å². The zero-order chi connectivity index (χ0) is 15.0. The first-order valence-corrected chi connectivity index (χ1v) is 6.61. The number of hydrogen-bond acceptors (Lipinski definition) is 2. The molecule has 5 nitrogen and oxygen atoms in total. The van der Waals surface area contributed by atoms with E-state index in [4.69, 9.17) is 0 Å². The molecule has 0 aromatic heterocycles. The van der Waals surface area contributed by atoms with Crippen LogP contribution in [-0.4, -0.2) is 31.0 Å². The molecule has 0 unspecified atom stereocenters. The van der Waals surface area contributed by atoms with Gasteiger partial charge in [0.25, 0.3) is 0 Å². The first kappa shape index (κ1) is 15.9. The number of benzene rings is 1. The first-order chi connectivity index (χ1) is 9.51. The van der Waals surface area contributed by atoms with E-state index in [0.717, 1.165) is 6.54 Å². The molecule has 20 heavy (non-hydrogen) atoms. The molecule has 0 aliphatic heterocycles. The van der Waals surface area contributed by atoms with Crippen molar-refractivity contribution in [1.82, 2.24) is 10.6 Å². The van der Waals surface area contributed by atoms with E-state index in [1.54, 1.807) is 0 Å². The number of hydrogen-bond donors (Lipinski definition) is 3. The predicted molar refractivity (Wildman–Crippen MR) is 79.3 cm³/mol. The summed E-state index contributed by atoms with van der Waals surface area (Å²) in [5, 5.41) is 8.82. The van der Waals surface area contributed by atoms with Gasteiger partial charge in [0.1, 0.15) is 12.4 Å². The molecular weight excluding hydrogens is 259 g/mol. The van der Waals surface area contributed by atoms with Crippen molar-refractivity contribution in [2.24, 2.45) is 4.99 Å². The molecule has 0 spiro atoms. The van der Waals surface area contributed by atoms with E-state index in [2.05, 4.69) is 20.9 Å². The molecule has 0 radical (unpaired) electrons. The molecule has 0 heterocycles. The van der Waals surface area contributed by atoms with Crippen LogP contribution in [0.15, 0.2) is 29.3 Å². The van der Waals surface area contributed by atoms with Crippen molar-refractivity contribution in [1.29, 1.82) is 0 Å².